The molecule has 1 N–H and O–H groups in total. The normalized spacial score (nSPS) is 11.3. The molecule has 0 saturated carbocycles. The first-order valence-electron chi connectivity index (χ1n) is 5.84. The van der Waals surface area contributed by atoms with Gasteiger partial charge in [0.25, 0.3) is 0 Å². The molecule has 7 heteroatoms. The monoisotopic (exact) mass is 286 g/mol. The summed E-state index contributed by atoms with van der Waals surface area (Å²) < 4.78 is 10.1. The Morgan fingerprint density at radius 3 is 2.53 bits per heavy atom. The molecule has 0 saturated heterocycles. The molecule has 1 amide bonds. The molecule has 19 heavy (non-hydrogen) atoms. The van der Waals surface area contributed by atoms with Crippen LogP contribution in [-0.2, 0) is 9.47 Å². The SMILES string of the molecule is CC(C)OC(=O)c1cnc(NC(=O)OC(C)(C)C)s1. The first-order valence-corrected chi connectivity index (χ1v) is 6.66. The largest absolute Gasteiger partial charge is 0.459 e. The first-order chi connectivity index (χ1) is 8.67. The first kappa shape index (κ1) is 15.4. The highest BCUT2D eigenvalue weighted by atomic mass is 32.1. The summed E-state index contributed by atoms with van der Waals surface area (Å²) in [5.41, 5.74) is -0.583. The van der Waals surface area contributed by atoms with Gasteiger partial charge in [-0.3, -0.25) is 5.32 Å². The van der Waals surface area contributed by atoms with E-state index in [1.807, 2.05) is 0 Å². The van der Waals surface area contributed by atoms with E-state index in [-0.39, 0.29) is 6.10 Å². The smallest absolute Gasteiger partial charge is 0.413 e. The van der Waals surface area contributed by atoms with Crippen molar-refractivity contribution >= 4 is 28.5 Å². The van der Waals surface area contributed by atoms with Crippen LogP contribution < -0.4 is 5.32 Å². The van der Waals surface area contributed by atoms with Crippen molar-refractivity contribution in [2.24, 2.45) is 0 Å². The predicted octanol–water partition coefficient (Wildman–Crippen LogP) is 3.06. The second-order valence-corrected chi connectivity index (χ2v) is 6.14. The van der Waals surface area contributed by atoms with Crippen molar-refractivity contribution in [3.63, 3.8) is 0 Å². The molecule has 0 aliphatic heterocycles. The molecule has 0 bridgehead atoms. The number of ether oxygens (including phenoxy) is 2. The van der Waals surface area contributed by atoms with Crippen molar-refractivity contribution in [1.82, 2.24) is 4.98 Å². The lowest BCUT2D eigenvalue weighted by Gasteiger charge is -2.18. The van der Waals surface area contributed by atoms with Gasteiger partial charge in [-0.05, 0) is 34.6 Å². The summed E-state index contributed by atoms with van der Waals surface area (Å²) in [6.45, 7) is 8.82. The lowest BCUT2D eigenvalue weighted by molar-refractivity contribution is 0.0383. The van der Waals surface area contributed by atoms with E-state index >= 15 is 0 Å². The predicted molar refractivity (Wildman–Crippen MR) is 72.5 cm³/mol. The van der Waals surface area contributed by atoms with Crippen LogP contribution in [0.5, 0.6) is 0 Å². The number of thiazole rings is 1. The fraction of sp³-hybridized carbons (Fsp3) is 0.583. The highest BCUT2D eigenvalue weighted by molar-refractivity contribution is 7.17. The Hall–Kier alpha value is -1.63. The zero-order valence-corrected chi connectivity index (χ0v) is 12.5. The summed E-state index contributed by atoms with van der Waals surface area (Å²) in [5.74, 6) is -0.454. The maximum absolute atomic E-state index is 11.6. The molecular weight excluding hydrogens is 268 g/mol. The van der Waals surface area contributed by atoms with Gasteiger partial charge in [0.05, 0.1) is 12.3 Å². The van der Waals surface area contributed by atoms with E-state index in [2.05, 4.69) is 10.3 Å². The Labute approximate surface area is 116 Å². The van der Waals surface area contributed by atoms with E-state index in [1.165, 1.54) is 6.20 Å². The van der Waals surface area contributed by atoms with Gasteiger partial charge in [-0.1, -0.05) is 11.3 Å². The number of hydrogen-bond acceptors (Lipinski definition) is 6. The van der Waals surface area contributed by atoms with Crippen molar-refractivity contribution in [3.8, 4) is 0 Å². The maximum atomic E-state index is 11.6. The number of nitrogens with zero attached hydrogens (tertiary/aromatic N) is 1. The number of esters is 1. The third kappa shape index (κ3) is 5.69. The molecule has 0 aliphatic carbocycles. The molecule has 106 valence electrons. The second-order valence-electron chi connectivity index (χ2n) is 5.11. The van der Waals surface area contributed by atoms with E-state index in [0.29, 0.717) is 10.0 Å². The summed E-state index contributed by atoms with van der Waals surface area (Å²) in [5, 5.41) is 2.76. The molecule has 0 radical (unpaired) electrons. The molecule has 1 heterocycles. The van der Waals surface area contributed by atoms with Crippen molar-refractivity contribution < 1.29 is 19.1 Å². The molecule has 1 aromatic heterocycles. The minimum Gasteiger partial charge on any atom is -0.459 e. The average molecular weight is 286 g/mol. The van der Waals surface area contributed by atoms with Crippen molar-refractivity contribution in [3.05, 3.63) is 11.1 Å². The Balaban J connectivity index is 2.60. The van der Waals surface area contributed by atoms with Gasteiger partial charge >= 0.3 is 12.1 Å². The third-order valence-corrected chi connectivity index (χ3v) is 2.55. The molecule has 0 aromatic carbocycles. The summed E-state index contributed by atoms with van der Waals surface area (Å²) in [6.07, 6.45) is 0.560. The minimum absolute atomic E-state index is 0.197. The molecule has 0 fully saturated rings. The van der Waals surface area contributed by atoms with E-state index in [1.54, 1.807) is 34.6 Å². The topological polar surface area (TPSA) is 77.5 Å². The molecule has 6 nitrogen and oxygen atoms in total. The quantitative estimate of drug-likeness (QED) is 0.864. The molecular formula is C12H18N2O4S. The second kappa shape index (κ2) is 6.01. The standard InChI is InChI=1S/C12H18N2O4S/c1-7(2)17-9(15)8-6-13-10(19-8)14-11(16)18-12(3,4)5/h6-7H,1-5H3,(H,13,14,16). The van der Waals surface area contributed by atoms with Crippen molar-refractivity contribution in [2.45, 2.75) is 46.3 Å². The average Bonchev–Trinajstić information content (AvgIpc) is 2.61. The van der Waals surface area contributed by atoms with Gasteiger partial charge in [0, 0.05) is 0 Å². The Morgan fingerprint density at radius 1 is 1.37 bits per heavy atom. The number of anilines is 1. The minimum atomic E-state index is -0.606. The van der Waals surface area contributed by atoms with Crippen LogP contribution in [0.15, 0.2) is 6.20 Å². The molecule has 0 aliphatic rings. The third-order valence-electron chi connectivity index (χ3n) is 1.66. The summed E-state index contributed by atoms with van der Waals surface area (Å²) in [4.78, 5) is 27.3. The van der Waals surface area contributed by atoms with E-state index < -0.39 is 17.7 Å². The fourth-order valence-electron chi connectivity index (χ4n) is 1.09. The van der Waals surface area contributed by atoms with Crippen molar-refractivity contribution in [1.29, 1.82) is 0 Å². The van der Waals surface area contributed by atoms with Crippen molar-refractivity contribution in [2.75, 3.05) is 5.32 Å². The van der Waals surface area contributed by atoms with Gasteiger partial charge in [0.1, 0.15) is 10.5 Å². The zero-order valence-electron chi connectivity index (χ0n) is 11.6. The number of rotatable bonds is 3. The number of carbonyl (C=O) groups excluding carboxylic acids is 2. The van der Waals surface area contributed by atoms with Gasteiger partial charge in [-0.25, -0.2) is 14.6 Å². The van der Waals surface area contributed by atoms with E-state index in [9.17, 15) is 9.59 Å². The number of nitrogens with one attached hydrogen (secondary N) is 1. The van der Waals surface area contributed by atoms with Gasteiger partial charge < -0.3 is 9.47 Å². The Bertz CT molecular complexity index is 463. The van der Waals surface area contributed by atoms with Crippen LogP contribution in [-0.4, -0.2) is 28.8 Å². The lowest BCUT2D eigenvalue weighted by Crippen LogP contribution is -2.27. The van der Waals surface area contributed by atoms with Crippen LogP contribution in [0.2, 0.25) is 0 Å². The number of hydrogen-bond donors (Lipinski definition) is 1. The number of aromatic nitrogens is 1. The molecule has 1 rings (SSSR count). The maximum Gasteiger partial charge on any atom is 0.413 e. The Kier molecular flexibility index (Phi) is 4.88. The molecule has 1 aromatic rings. The van der Waals surface area contributed by atoms with Gasteiger partial charge in [0.15, 0.2) is 5.13 Å². The van der Waals surface area contributed by atoms with Gasteiger partial charge in [-0.15, -0.1) is 0 Å². The van der Waals surface area contributed by atoms with Crippen LogP contribution in [0.4, 0.5) is 9.93 Å². The summed E-state index contributed by atoms with van der Waals surface area (Å²) >= 11 is 1.04. The highest BCUT2D eigenvalue weighted by Gasteiger charge is 2.19. The zero-order chi connectivity index (χ0) is 14.6. The van der Waals surface area contributed by atoms with Crippen LogP contribution in [0.1, 0.15) is 44.3 Å². The number of carbonyl (C=O) groups is 2. The highest BCUT2D eigenvalue weighted by Crippen LogP contribution is 2.20. The Morgan fingerprint density at radius 2 is 2.00 bits per heavy atom. The lowest BCUT2D eigenvalue weighted by atomic mass is 10.2. The molecule has 0 unspecified atom stereocenters. The van der Waals surface area contributed by atoms with E-state index in [0.717, 1.165) is 11.3 Å². The van der Waals surface area contributed by atoms with Gasteiger partial charge in [-0.2, -0.15) is 0 Å². The summed E-state index contributed by atoms with van der Waals surface area (Å²) in [6, 6.07) is 0. The fourth-order valence-corrected chi connectivity index (χ4v) is 1.77. The van der Waals surface area contributed by atoms with Crippen LogP contribution in [0.3, 0.4) is 0 Å². The van der Waals surface area contributed by atoms with E-state index in [4.69, 9.17) is 9.47 Å². The van der Waals surface area contributed by atoms with Crippen LogP contribution in [0, 0.1) is 0 Å². The van der Waals surface area contributed by atoms with Crippen LogP contribution in [0.25, 0.3) is 0 Å². The summed E-state index contributed by atoms with van der Waals surface area (Å²) in [7, 11) is 0. The van der Waals surface area contributed by atoms with Crippen LogP contribution >= 0.6 is 11.3 Å². The number of amides is 1. The molecule has 0 spiro atoms. The molecule has 0 atom stereocenters. The van der Waals surface area contributed by atoms with Gasteiger partial charge in [0.2, 0.25) is 0 Å².